The number of hydrogen-bond donors (Lipinski definition) is 3. The van der Waals surface area contributed by atoms with Crippen LogP contribution in [0.5, 0.6) is 0 Å². The first-order chi connectivity index (χ1) is 11.0. The Hall–Kier alpha value is -1.38. The zero-order valence-corrected chi connectivity index (χ0v) is 15.6. The van der Waals surface area contributed by atoms with Crippen LogP contribution in [0.15, 0.2) is 23.2 Å². The highest BCUT2D eigenvalue weighted by Crippen LogP contribution is 2.30. The van der Waals surface area contributed by atoms with Gasteiger partial charge in [0.25, 0.3) is 0 Å². The van der Waals surface area contributed by atoms with Gasteiger partial charge in [-0.25, -0.2) is 17.9 Å². The number of nitrogens with zero attached hydrogens (tertiary/aromatic N) is 1. The first-order valence-electron chi connectivity index (χ1n) is 7.53. The van der Waals surface area contributed by atoms with Crippen molar-refractivity contribution in [1.82, 2.24) is 10.6 Å². The summed E-state index contributed by atoms with van der Waals surface area (Å²) in [5, 5.41) is 11.3. The van der Waals surface area contributed by atoms with Crippen LogP contribution in [0.2, 0.25) is 5.02 Å². The predicted molar refractivity (Wildman–Crippen MR) is 96.4 cm³/mol. The quantitative estimate of drug-likeness (QED) is 0.496. The van der Waals surface area contributed by atoms with Crippen molar-refractivity contribution in [3.05, 3.63) is 34.6 Å². The van der Waals surface area contributed by atoms with E-state index in [0.717, 1.165) is 5.56 Å². The number of nitrogens with two attached hydrogens (primary N) is 1. The van der Waals surface area contributed by atoms with Crippen LogP contribution in [0.3, 0.4) is 0 Å². The summed E-state index contributed by atoms with van der Waals surface area (Å²) >= 11 is 6.12. The van der Waals surface area contributed by atoms with Gasteiger partial charge in [-0.15, -0.1) is 0 Å². The summed E-state index contributed by atoms with van der Waals surface area (Å²) in [4.78, 5) is 4.45. The Morgan fingerprint density at radius 1 is 1.38 bits per heavy atom. The highest BCUT2D eigenvalue weighted by molar-refractivity contribution is 7.89. The molecule has 4 N–H and O–H groups in total. The number of primary sulfonamides is 1. The second-order valence-corrected chi connectivity index (χ2v) is 8.14. The summed E-state index contributed by atoms with van der Waals surface area (Å²) in [7, 11) is -3.53. The Morgan fingerprint density at radius 2 is 2.04 bits per heavy atom. The average molecular weight is 379 g/mol. The smallest absolute Gasteiger partial charge is 0.210 e. The zero-order valence-electron chi connectivity index (χ0n) is 14.1. The van der Waals surface area contributed by atoms with Gasteiger partial charge in [-0.05, 0) is 24.6 Å². The van der Waals surface area contributed by atoms with E-state index in [4.69, 9.17) is 16.7 Å². The predicted octanol–water partition coefficient (Wildman–Crippen LogP) is 1.60. The van der Waals surface area contributed by atoms with Crippen molar-refractivity contribution in [1.29, 1.82) is 0 Å². The SMILES string of the molecule is CCNC(=NCC(C)(C)c1ccc(F)cc1Cl)NCCS(N)(=O)=O. The average Bonchev–Trinajstić information content (AvgIpc) is 2.43. The molecule has 0 unspecified atom stereocenters. The molecule has 24 heavy (non-hydrogen) atoms. The minimum atomic E-state index is -3.53. The highest BCUT2D eigenvalue weighted by Gasteiger charge is 2.23. The van der Waals surface area contributed by atoms with Gasteiger partial charge in [0.2, 0.25) is 10.0 Å². The van der Waals surface area contributed by atoms with Crippen LogP contribution in [-0.2, 0) is 15.4 Å². The minimum Gasteiger partial charge on any atom is -0.357 e. The fourth-order valence-electron chi connectivity index (χ4n) is 2.05. The van der Waals surface area contributed by atoms with Crippen molar-refractivity contribution >= 4 is 27.6 Å². The lowest BCUT2D eigenvalue weighted by Gasteiger charge is -2.25. The summed E-state index contributed by atoms with van der Waals surface area (Å²) < 4.78 is 35.1. The van der Waals surface area contributed by atoms with Crippen LogP contribution in [0.4, 0.5) is 4.39 Å². The molecule has 0 saturated carbocycles. The molecule has 0 spiro atoms. The number of hydrogen-bond acceptors (Lipinski definition) is 3. The van der Waals surface area contributed by atoms with Gasteiger partial charge in [0.15, 0.2) is 5.96 Å². The summed E-state index contributed by atoms with van der Waals surface area (Å²) in [5.74, 6) is -0.0987. The maximum absolute atomic E-state index is 13.2. The summed E-state index contributed by atoms with van der Waals surface area (Å²) in [6.45, 7) is 6.95. The van der Waals surface area contributed by atoms with Crippen molar-refractivity contribution in [2.45, 2.75) is 26.2 Å². The second-order valence-electron chi connectivity index (χ2n) is 6.00. The number of nitrogens with one attached hydrogen (secondary N) is 2. The Kier molecular flexibility index (Phi) is 7.44. The van der Waals surface area contributed by atoms with E-state index < -0.39 is 15.4 Å². The van der Waals surface area contributed by atoms with Gasteiger partial charge in [0.05, 0.1) is 12.3 Å². The zero-order chi connectivity index (χ0) is 18.4. The van der Waals surface area contributed by atoms with Crippen molar-refractivity contribution in [2.24, 2.45) is 10.1 Å². The van der Waals surface area contributed by atoms with Crippen LogP contribution in [0, 0.1) is 5.82 Å². The van der Waals surface area contributed by atoms with Crippen LogP contribution in [0.25, 0.3) is 0 Å². The van der Waals surface area contributed by atoms with Crippen LogP contribution in [-0.4, -0.2) is 39.8 Å². The molecule has 0 bridgehead atoms. The number of halogens is 2. The lowest BCUT2D eigenvalue weighted by atomic mass is 9.84. The van der Waals surface area contributed by atoms with E-state index in [0.29, 0.717) is 24.1 Å². The molecular weight excluding hydrogens is 355 g/mol. The van der Waals surface area contributed by atoms with Crippen molar-refractivity contribution in [3.63, 3.8) is 0 Å². The van der Waals surface area contributed by atoms with Crippen molar-refractivity contribution in [3.8, 4) is 0 Å². The first kappa shape index (κ1) is 20.7. The monoisotopic (exact) mass is 378 g/mol. The van der Waals surface area contributed by atoms with Gasteiger partial charge in [-0.3, -0.25) is 4.99 Å². The van der Waals surface area contributed by atoms with Gasteiger partial charge < -0.3 is 10.6 Å². The minimum absolute atomic E-state index is 0.155. The topological polar surface area (TPSA) is 96.6 Å². The molecule has 1 aromatic carbocycles. The van der Waals surface area contributed by atoms with Crippen molar-refractivity contribution in [2.75, 3.05) is 25.4 Å². The van der Waals surface area contributed by atoms with Gasteiger partial charge in [-0.1, -0.05) is 31.5 Å². The van der Waals surface area contributed by atoms with E-state index in [1.807, 2.05) is 20.8 Å². The van der Waals surface area contributed by atoms with Crippen molar-refractivity contribution < 1.29 is 12.8 Å². The second kappa shape index (κ2) is 8.64. The number of sulfonamides is 1. The number of benzene rings is 1. The Balaban J connectivity index is 2.82. The molecule has 9 heteroatoms. The maximum Gasteiger partial charge on any atom is 0.210 e. The molecule has 6 nitrogen and oxygen atoms in total. The van der Waals surface area contributed by atoms with E-state index in [1.165, 1.54) is 12.1 Å². The third-order valence-corrected chi connectivity index (χ3v) is 4.40. The van der Waals surface area contributed by atoms with Crippen LogP contribution < -0.4 is 15.8 Å². The molecular formula is C15H24ClFN4O2S. The van der Waals surface area contributed by atoms with Gasteiger partial charge in [-0.2, -0.15) is 0 Å². The maximum atomic E-state index is 13.2. The molecule has 0 saturated heterocycles. The molecule has 0 aliphatic carbocycles. The van der Waals surface area contributed by atoms with Gasteiger partial charge >= 0.3 is 0 Å². The fourth-order valence-corrected chi connectivity index (χ4v) is 2.86. The summed E-state index contributed by atoms with van der Waals surface area (Å²) in [6, 6.07) is 4.29. The fraction of sp³-hybridized carbons (Fsp3) is 0.533. The first-order valence-corrected chi connectivity index (χ1v) is 9.62. The lowest BCUT2D eigenvalue weighted by molar-refractivity contribution is 0.535. The molecule has 0 aliphatic rings. The molecule has 1 aromatic rings. The van der Waals surface area contributed by atoms with E-state index >= 15 is 0 Å². The number of rotatable bonds is 7. The Morgan fingerprint density at radius 3 is 2.58 bits per heavy atom. The Bertz CT molecular complexity index is 693. The normalized spacial score (nSPS) is 13.0. The summed E-state index contributed by atoms with van der Waals surface area (Å²) in [6.07, 6.45) is 0. The van der Waals surface area contributed by atoms with E-state index in [9.17, 15) is 12.8 Å². The molecule has 136 valence electrons. The van der Waals surface area contributed by atoms with Gasteiger partial charge in [0, 0.05) is 23.5 Å². The standard InChI is InChI=1S/C15H24ClFN4O2S/c1-4-19-14(20-7-8-24(18,22)23)21-10-15(2,3)12-6-5-11(17)9-13(12)16/h5-6,9H,4,7-8,10H2,1-3H3,(H2,18,22,23)(H2,19,20,21). The largest absolute Gasteiger partial charge is 0.357 e. The number of aliphatic imine (C=N–C) groups is 1. The number of guanidine groups is 1. The van der Waals surface area contributed by atoms with E-state index in [1.54, 1.807) is 6.07 Å². The van der Waals surface area contributed by atoms with E-state index in [2.05, 4.69) is 15.6 Å². The molecule has 0 fully saturated rings. The van der Waals surface area contributed by atoms with E-state index in [-0.39, 0.29) is 18.1 Å². The molecule has 0 radical (unpaired) electrons. The molecule has 0 atom stereocenters. The Labute approximate surface area is 147 Å². The van der Waals surface area contributed by atoms with Crippen LogP contribution in [0.1, 0.15) is 26.3 Å². The molecule has 1 rings (SSSR count). The third-order valence-electron chi connectivity index (χ3n) is 3.32. The van der Waals surface area contributed by atoms with Crippen LogP contribution >= 0.6 is 11.6 Å². The molecule has 0 aromatic heterocycles. The molecule has 0 heterocycles. The lowest BCUT2D eigenvalue weighted by Crippen LogP contribution is -2.41. The highest BCUT2D eigenvalue weighted by atomic mass is 35.5. The third kappa shape index (κ3) is 7.02. The molecule has 0 aliphatic heterocycles. The molecule has 0 amide bonds. The summed E-state index contributed by atoms with van der Waals surface area (Å²) in [5.41, 5.74) is 0.363. The van der Waals surface area contributed by atoms with Gasteiger partial charge in [0.1, 0.15) is 5.82 Å².